The van der Waals surface area contributed by atoms with Crippen molar-refractivity contribution in [2.24, 2.45) is 0 Å². The van der Waals surface area contributed by atoms with E-state index in [9.17, 15) is 0 Å². The molecular weight excluding hydrogens is 175 g/mol. The van der Waals surface area contributed by atoms with E-state index in [0.29, 0.717) is 0 Å². The van der Waals surface area contributed by atoms with Crippen LogP contribution in [0, 0.1) is 0 Å². The van der Waals surface area contributed by atoms with E-state index < -0.39 is 0 Å². The molecule has 1 aliphatic rings. The minimum atomic E-state index is -0.271. The minimum absolute atomic E-state index is 0.271. The van der Waals surface area contributed by atoms with Crippen LogP contribution in [-0.2, 0) is 0 Å². The summed E-state index contributed by atoms with van der Waals surface area (Å²) in [5, 5.41) is 0. The van der Waals surface area contributed by atoms with E-state index in [1.165, 1.54) is 11.5 Å². The van der Waals surface area contributed by atoms with Gasteiger partial charge in [0.1, 0.15) is 0 Å². The quantitative estimate of drug-likeness (QED) is 0.522. The molecule has 0 N–H and O–H groups in total. The van der Waals surface area contributed by atoms with Gasteiger partial charge in [-0.1, -0.05) is 0 Å². The first-order valence-electron chi connectivity index (χ1n) is 1.89. The third-order valence-electron chi connectivity index (χ3n) is 0.630. The summed E-state index contributed by atoms with van der Waals surface area (Å²) >= 11 is -0.271. The van der Waals surface area contributed by atoms with Crippen LogP contribution in [0.4, 0.5) is 0 Å². The third kappa shape index (κ3) is 1.40. The molecule has 0 aliphatic carbocycles. The summed E-state index contributed by atoms with van der Waals surface area (Å²) in [5.41, 5.74) is 2.41. The van der Waals surface area contributed by atoms with Crippen LogP contribution in [0.25, 0.3) is 0 Å². The summed E-state index contributed by atoms with van der Waals surface area (Å²) in [7, 11) is 4.41. The van der Waals surface area contributed by atoms with Crippen molar-refractivity contribution in [3.8, 4) is 0 Å². The van der Waals surface area contributed by atoms with Crippen molar-refractivity contribution in [3.63, 3.8) is 0 Å². The fourth-order valence-corrected chi connectivity index (χ4v) is 11.6. The average Bonchev–Trinajstić information content (AvgIpc) is 1.86. The molecule has 6 heavy (non-hydrogen) atoms. The van der Waals surface area contributed by atoms with Gasteiger partial charge in [-0.2, -0.15) is 0 Å². The topological polar surface area (TPSA) is 0 Å². The Morgan fingerprint density at radius 2 is 1.83 bits per heavy atom. The molecule has 0 atom stereocenters. The van der Waals surface area contributed by atoms with Crippen LogP contribution in [0.3, 0.4) is 0 Å². The normalized spacial score (nSPS) is 25.5. The molecule has 0 aromatic rings. The number of hydrogen-bond donors (Lipinski definition) is 0. The van der Waals surface area contributed by atoms with Crippen molar-refractivity contribution in [2.45, 2.75) is 5.71 Å². The second kappa shape index (κ2) is 2.54. The van der Waals surface area contributed by atoms with Gasteiger partial charge in [-0.25, -0.2) is 0 Å². The summed E-state index contributed by atoms with van der Waals surface area (Å²) in [4.78, 5) is 0. The van der Waals surface area contributed by atoms with Gasteiger partial charge < -0.3 is 0 Å². The van der Waals surface area contributed by atoms with E-state index in [1.807, 2.05) is 0 Å². The van der Waals surface area contributed by atoms with Crippen LogP contribution < -0.4 is 0 Å². The van der Waals surface area contributed by atoms with Crippen LogP contribution in [0.2, 0.25) is 5.71 Å². The zero-order chi connectivity index (χ0) is 4.41. The average molecular weight is 182 g/mol. The molecule has 0 bridgehead atoms. The summed E-state index contributed by atoms with van der Waals surface area (Å²) in [6.45, 7) is 0. The van der Waals surface area contributed by atoms with E-state index in [2.05, 4.69) is 25.8 Å². The van der Waals surface area contributed by atoms with E-state index in [0.717, 1.165) is 0 Å². The van der Waals surface area contributed by atoms with Crippen LogP contribution in [-0.4, -0.2) is 23.8 Å². The zero-order valence-corrected chi connectivity index (χ0v) is 7.19. The summed E-state index contributed by atoms with van der Waals surface area (Å²) in [6, 6.07) is 0. The molecule has 0 spiro atoms. The maximum atomic E-state index is 2.41. The second-order valence-electron chi connectivity index (χ2n) is 1.11. The van der Waals surface area contributed by atoms with Gasteiger partial charge in [0.2, 0.25) is 0 Å². The Labute approximate surface area is 49.7 Å². The zero-order valence-electron chi connectivity index (χ0n) is 3.68. The van der Waals surface area contributed by atoms with Gasteiger partial charge in [0.25, 0.3) is 0 Å². The van der Waals surface area contributed by atoms with Gasteiger partial charge in [-0.3, -0.25) is 0 Å². The van der Waals surface area contributed by atoms with Crippen LogP contribution in [0.15, 0.2) is 0 Å². The van der Waals surface area contributed by atoms with E-state index in [1.54, 1.807) is 0 Å². The molecule has 0 unspecified atom stereocenters. The Bertz CT molecular complexity index is 42.1. The molecule has 1 saturated heterocycles. The molecule has 0 aromatic heterocycles. The van der Waals surface area contributed by atoms with E-state index in [4.69, 9.17) is 0 Å². The Balaban J connectivity index is 2.18. The molecule has 3 heteroatoms. The Hall–Kier alpha value is 1.26. The summed E-state index contributed by atoms with van der Waals surface area (Å²) < 4.78 is 0. The van der Waals surface area contributed by atoms with Crippen molar-refractivity contribution >= 4 is 32.4 Å². The van der Waals surface area contributed by atoms with Crippen LogP contribution >= 0.6 is 20.0 Å². The van der Waals surface area contributed by atoms with Crippen molar-refractivity contribution < 1.29 is 0 Å². The van der Waals surface area contributed by atoms with Crippen molar-refractivity contribution in [1.82, 2.24) is 0 Å². The van der Waals surface area contributed by atoms with Gasteiger partial charge in [0.05, 0.1) is 0 Å². The van der Waals surface area contributed by atoms with Crippen molar-refractivity contribution in [2.75, 3.05) is 11.5 Å². The molecule has 0 saturated carbocycles. The summed E-state index contributed by atoms with van der Waals surface area (Å²) in [5.74, 6) is 2.86. The second-order valence-corrected chi connectivity index (χ2v) is 14.4. The number of rotatable bonds is 0. The third-order valence-corrected chi connectivity index (χ3v) is 12.6. The van der Waals surface area contributed by atoms with Crippen molar-refractivity contribution in [1.29, 1.82) is 0 Å². The van der Waals surface area contributed by atoms with Crippen LogP contribution in [0.1, 0.15) is 0 Å². The molecular formula is C3H7AsS2. The molecule has 0 radical (unpaired) electrons. The van der Waals surface area contributed by atoms with Gasteiger partial charge in [0.15, 0.2) is 0 Å². The van der Waals surface area contributed by atoms with Gasteiger partial charge >= 0.3 is 49.6 Å². The molecule has 0 aromatic carbocycles. The van der Waals surface area contributed by atoms with Gasteiger partial charge in [0, 0.05) is 0 Å². The SMILES string of the molecule is C[As]1SCCS1. The van der Waals surface area contributed by atoms with Gasteiger partial charge in [-0.15, -0.1) is 0 Å². The first-order valence-corrected chi connectivity index (χ1v) is 10.2. The van der Waals surface area contributed by atoms with E-state index >= 15 is 0 Å². The monoisotopic (exact) mass is 182 g/mol. The molecule has 1 fully saturated rings. The molecule has 1 heterocycles. The number of hydrogen-bond acceptors (Lipinski definition) is 2. The molecule has 1 aliphatic heterocycles. The molecule has 36 valence electrons. The maximum absolute atomic E-state index is 2.41. The Morgan fingerprint density at radius 1 is 1.33 bits per heavy atom. The first kappa shape index (κ1) is 5.40. The Kier molecular flexibility index (Phi) is 2.28. The van der Waals surface area contributed by atoms with E-state index in [-0.39, 0.29) is 12.3 Å². The Morgan fingerprint density at radius 3 is 2.00 bits per heavy atom. The first-order chi connectivity index (χ1) is 2.89. The predicted octanol–water partition coefficient (Wildman–Crippen LogP) is 1.58. The predicted molar refractivity (Wildman–Crippen MR) is 36.5 cm³/mol. The molecule has 0 nitrogen and oxygen atoms in total. The van der Waals surface area contributed by atoms with Crippen LogP contribution in [0.5, 0.6) is 0 Å². The van der Waals surface area contributed by atoms with Gasteiger partial charge in [-0.05, 0) is 0 Å². The molecule has 1 rings (SSSR count). The standard InChI is InChI=1S/C3H7AsS2/c1-4-5-2-3-6-4/h2-3H2,1H3. The fraction of sp³-hybridized carbons (Fsp3) is 1.00. The summed E-state index contributed by atoms with van der Waals surface area (Å²) in [6.07, 6.45) is 0. The molecule has 0 amide bonds. The fourth-order valence-electron chi connectivity index (χ4n) is 0.369. The van der Waals surface area contributed by atoms with Crippen molar-refractivity contribution in [3.05, 3.63) is 0 Å².